The molecule has 0 amide bonds. The molecule has 2 N–H and O–H groups in total. The highest BCUT2D eigenvalue weighted by Gasteiger charge is 2.14. The summed E-state index contributed by atoms with van der Waals surface area (Å²) in [6, 6.07) is 7.54. The van der Waals surface area contributed by atoms with Crippen LogP contribution in [0, 0.1) is 0 Å². The predicted octanol–water partition coefficient (Wildman–Crippen LogP) is 2.27. The van der Waals surface area contributed by atoms with E-state index in [2.05, 4.69) is 4.98 Å². The van der Waals surface area contributed by atoms with Crippen molar-refractivity contribution in [2.75, 3.05) is 0 Å². The molecule has 0 bridgehead atoms. The van der Waals surface area contributed by atoms with Gasteiger partial charge in [0, 0.05) is 18.3 Å². The van der Waals surface area contributed by atoms with Crippen LogP contribution in [0.5, 0.6) is 11.5 Å². The van der Waals surface area contributed by atoms with Gasteiger partial charge in [0.1, 0.15) is 28.7 Å². The zero-order chi connectivity index (χ0) is 13.4. The van der Waals surface area contributed by atoms with Crippen molar-refractivity contribution in [1.29, 1.82) is 0 Å². The molecule has 3 rings (SSSR count). The Bertz CT molecular complexity index is 809. The number of rotatable bonds is 1. The first-order chi connectivity index (χ1) is 9.16. The van der Waals surface area contributed by atoms with E-state index in [9.17, 15) is 15.0 Å². The van der Waals surface area contributed by atoms with Crippen molar-refractivity contribution in [3.63, 3.8) is 0 Å². The lowest BCUT2D eigenvalue weighted by Crippen LogP contribution is -2.05. The number of hydrogen-bond acceptors (Lipinski definition) is 5. The van der Waals surface area contributed by atoms with E-state index >= 15 is 0 Å². The smallest absolute Gasteiger partial charge is 0.205 e. The maximum absolute atomic E-state index is 12.3. The third-order valence-corrected chi connectivity index (χ3v) is 2.78. The van der Waals surface area contributed by atoms with Gasteiger partial charge in [0.15, 0.2) is 0 Å². The third-order valence-electron chi connectivity index (χ3n) is 2.78. The first-order valence-corrected chi connectivity index (χ1v) is 5.56. The Hall–Kier alpha value is -2.82. The molecular weight excluding hydrogens is 246 g/mol. The number of nitrogens with zero attached hydrogens (tertiary/aromatic N) is 1. The number of phenolic OH excluding ortho intramolecular Hbond substituents is 2. The van der Waals surface area contributed by atoms with Gasteiger partial charge in [0.05, 0.1) is 11.3 Å². The van der Waals surface area contributed by atoms with Crippen LogP contribution in [0.1, 0.15) is 0 Å². The maximum Gasteiger partial charge on any atom is 0.205 e. The van der Waals surface area contributed by atoms with Crippen LogP contribution in [0.4, 0.5) is 0 Å². The van der Waals surface area contributed by atoms with Crippen molar-refractivity contribution in [1.82, 2.24) is 4.98 Å². The standard InChI is InChI=1S/C14H9NO4/c16-8-5-11(17)13-12(6-8)19-7-9(14(13)18)10-3-1-2-4-15-10/h1-7,16-17H. The average molecular weight is 255 g/mol. The fourth-order valence-electron chi connectivity index (χ4n) is 1.92. The van der Waals surface area contributed by atoms with Gasteiger partial charge < -0.3 is 14.6 Å². The second-order valence-corrected chi connectivity index (χ2v) is 4.03. The molecule has 0 fully saturated rings. The molecule has 0 saturated carbocycles. The van der Waals surface area contributed by atoms with Crippen molar-refractivity contribution in [3.8, 4) is 22.8 Å². The lowest BCUT2D eigenvalue weighted by molar-refractivity contribution is 0.452. The van der Waals surface area contributed by atoms with Gasteiger partial charge >= 0.3 is 0 Å². The number of phenols is 2. The van der Waals surface area contributed by atoms with E-state index in [4.69, 9.17) is 4.42 Å². The number of aromatic nitrogens is 1. The van der Waals surface area contributed by atoms with Gasteiger partial charge in [-0.05, 0) is 12.1 Å². The molecule has 0 aliphatic heterocycles. The van der Waals surface area contributed by atoms with E-state index in [1.807, 2.05) is 0 Å². The molecule has 1 aromatic carbocycles. The van der Waals surface area contributed by atoms with Crippen LogP contribution in [0.3, 0.4) is 0 Å². The normalized spacial score (nSPS) is 10.7. The number of hydrogen-bond donors (Lipinski definition) is 2. The summed E-state index contributed by atoms with van der Waals surface area (Å²) in [5, 5.41) is 19.1. The Balaban J connectivity index is 2.37. The summed E-state index contributed by atoms with van der Waals surface area (Å²) in [4.78, 5) is 16.4. The van der Waals surface area contributed by atoms with Crippen LogP contribution in [0.15, 0.2) is 52.0 Å². The SMILES string of the molecule is O=c1c(-c2ccccn2)coc2cc(O)cc(O)c12. The third kappa shape index (κ3) is 1.81. The highest BCUT2D eigenvalue weighted by Crippen LogP contribution is 2.28. The molecule has 19 heavy (non-hydrogen) atoms. The molecule has 2 aromatic heterocycles. The summed E-state index contributed by atoms with van der Waals surface area (Å²) in [7, 11) is 0. The van der Waals surface area contributed by atoms with Gasteiger partial charge in [-0.1, -0.05) is 6.07 Å². The Morgan fingerprint density at radius 2 is 2.00 bits per heavy atom. The van der Waals surface area contributed by atoms with Crippen molar-refractivity contribution in [2.45, 2.75) is 0 Å². The number of fused-ring (bicyclic) bond motifs is 1. The number of benzene rings is 1. The maximum atomic E-state index is 12.3. The van der Waals surface area contributed by atoms with Crippen LogP contribution in [0.2, 0.25) is 0 Å². The van der Waals surface area contributed by atoms with Crippen molar-refractivity contribution in [2.24, 2.45) is 0 Å². The van der Waals surface area contributed by atoms with E-state index in [1.165, 1.54) is 12.3 Å². The van der Waals surface area contributed by atoms with Gasteiger partial charge in [-0.15, -0.1) is 0 Å². The molecule has 94 valence electrons. The Morgan fingerprint density at radius 1 is 1.16 bits per heavy atom. The van der Waals surface area contributed by atoms with Crippen LogP contribution >= 0.6 is 0 Å². The average Bonchev–Trinajstić information content (AvgIpc) is 2.39. The lowest BCUT2D eigenvalue weighted by Gasteiger charge is -2.04. The van der Waals surface area contributed by atoms with Crippen LogP contribution in [-0.4, -0.2) is 15.2 Å². The van der Waals surface area contributed by atoms with Gasteiger partial charge in [0.2, 0.25) is 5.43 Å². The van der Waals surface area contributed by atoms with E-state index in [-0.39, 0.29) is 28.0 Å². The predicted molar refractivity (Wildman–Crippen MR) is 69.0 cm³/mol. The topological polar surface area (TPSA) is 83.6 Å². The molecule has 3 aromatic rings. The number of pyridine rings is 1. The largest absolute Gasteiger partial charge is 0.508 e. The van der Waals surface area contributed by atoms with Crippen molar-refractivity contribution < 1.29 is 14.6 Å². The second-order valence-electron chi connectivity index (χ2n) is 4.03. The molecule has 5 heteroatoms. The Morgan fingerprint density at radius 3 is 2.74 bits per heavy atom. The zero-order valence-electron chi connectivity index (χ0n) is 9.70. The molecular formula is C14H9NO4. The van der Waals surface area contributed by atoms with E-state index in [1.54, 1.807) is 24.4 Å². The molecule has 0 radical (unpaired) electrons. The number of aromatic hydroxyl groups is 2. The van der Waals surface area contributed by atoms with Crippen LogP contribution in [0.25, 0.3) is 22.2 Å². The van der Waals surface area contributed by atoms with E-state index in [0.29, 0.717) is 5.69 Å². The van der Waals surface area contributed by atoms with Gasteiger partial charge in [-0.25, -0.2) is 0 Å². The summed E-state index contributed by atoms with van der Waals surface area (Å²) in [6.45, 7) is 0. The molecule has 5 nitrogen and oxygen atoms in total. The Kier molecular flexibility index (Phi) is 2.45. The van der Waals surface area contributed by atoms with E-state index < -0.39 is 5.43 Å². The van der Waals surface area contributed by atoms with E-state index in [0.717, 1.165) is 6.07 Å². The summed E-state index contributed by atoms with van der Waals surface area (Å²) in [6.07, 6.45) is 2.83. The molecule has 0 saturated heterocycles. The second kappa shape index (κ2) is 4.13. The highest BCUT2D eigenvalue weighted by molar-refractivity contribution is 5.87. The van der Waals surface area contributed by atoms with Gasteiger partial charge in [-0.2, -0.15) is 0 Å². The molecule has 0 aliphatic rings. The molecule has 2 heterocycles. The minimum absolute atomic E-state index is 0.0287. The monoisotopic (exact) mass is 255 g/mol. The molecule has 0 aliphatic carbocycles. The van der Waals surface area contributed by atoms with Crippen molar-refractivity contribution in [3.05, 3.63) is 53.0 Å². The van der Waals surface area contributed by atoms with Crippen LogP contribution in [-0.2, 0) is 0 Å². The fraction of sp³-hybridized carbons (Fsp3) is 0. The van der Waals surface area contributed by atoms with Crippen molar-refractivity contribution >= 4 is 11.0 Å². The molecule has 0 spiro atoms. The summed E-state index contributed by atoms with van der Waals surface area (Å²) in [5.41, 5.74) is 0.458. The summed E-state index contributed by atoms with van der Waals surface area (Å²) < 4.78 is 5.28. The summed E-state index contributed by atoms with van der Waals surface area (Å²) >= 11 is 0. The lowest BCUT2D eigenvalue weighted by atomic mass is 10.1. The highest BCUT2D eigenvalue weighted by atomic mass is 16.3. The summed E-state index contributed by atoms with van der Waals surface area (Å²) in [5.74, 6) is -0.486. The first kappa shape index (κ1) is 11.3. The van der Waals surface area contributed by atoms with Crippen LogP contribution < -0.4 is 5.43 Å². The molecule has 0 atom stereocenters. The fourth-order valence-corrected chi connectivity index (χ4v) is 1.92. The quantitative estimate of drug-likeness (QED) is 0.696. The minimum atomic E-state index is -0.391. The first-order valence-electron chi connectivity index (χ1n) is 5.56. The van der Waals surface area contributed by atoms with Gasteiger partial charge in [-0.3, -0.25) is 9.78 Å². The Labute approximate surface area is 107 Å². The zero-order valence-corrected chi connectivity index (χ0v) is 9.70. The van der Waals surface area contributed by atoms with Gasteiger partial charge in [0.25, 0.3) is 0 Å². The molecule has 0 unspecified atom stereocenters. The minimum Gasteiger partial charge on any atom is -0.508 e.